The Morgan fingerprint density at radius 1 is 1.27 bits per heavy atom. The molecule has 6 heteroatoms. The molecule has 1 aliphatic carbocycles. The lowest BCUT2D eigenvalue weighted by Gasteiger charge is -2.44. The first-order chi connectivity index (χ1) is 12.6. The molecule has 0 N–H and O–H groups in total. The number of fused-ring (bicyclic) bond motifs is 1. The molecule has 1 saturated heterocycles. The topological polar surface area (TPSA) is 72.1 Å². The average molecular weight is 351 g/mol. The molecule has 0 bridgehead atoms. The van der Waals surface area contributed by atoms with E-state index in [-0.39, 0.29) is 17.4 Å². The smallest absolute Gasteiger partial charge is 0.266 e. The Morgan fingerprint density at radius 2 is 2.04 bits per heavy atom. The van der Waals surface area contributed by atoms with Crippen LogP contribution in [0.2, 0.25) is 0 Å². The molecule has 1 atom stereocenters. The summed E-state index contributed by atoms with van der Waals surface area (Å²) in [6.45, 7) is 4.30. The molecule has 1 saturated carbocycles. The summed E-state index contributed by atoms with van der Waals surface area (Å²) in [5.74, 6) is -0.114. The molecule has 3 aliphatic heterocycles. The van der Waals surface area contributed by atoms with Crippen LogP contribution in [0.25, 0.3) is 0 Å². The number of amides is 1. The Kier molecular flexibility index (Phi) is 4.39. The number of nitrogens with zero attached hydrogens (tertiary/aromatic N) is 5. The summed E-state index contributed by atoms with van der Waals surface area (Å²) in [5.41, 5.74) is 2.02. The van der Waals surface area contributed by atoms with Gasteiger partial charge in [-0.15, -0.1) is 0 Å². The van der Waals surface area contributed by atoms with E-state index in [0.29, 0.717) is 12.1 Å². The van der Waals surface area contributed by atoms with Crippen molar-refractivity contribution in [2.45, 2.75) is 51.5 Å². The summed E-state index contributed by atoms with van der Waals surface area (Å²) in [6, 6.07) is 2.27. The molecule has 1 unspecified atom stereocenters. The number of likely N-dealkylation sites (tertiary alicyclic amines) is 1. The SMILES string of the molecule is CC1(C(=C(C#N)C(=O)N2CCCCC2)N2C=NC3CN=CC=C32)CCC1. The van der Waals surface area contributed by atoms with Gasteiger partial charge in [-0.2, -0.15) is 5.26 Å². The predicted octanol–water partition coefficient (Wildman–Crippen LogP) is 2.65. The van der Waals surface area contributed by atoms with Crippen LogP contribution >= 0.6 is 0 Å². The van der Waals surface area contributed by atoms with Crippen molar-refractivity contribution in [3.63, 3.8) is 0 Å². The highest BCUT2D eigenvalue weighted by molar-refractivity contribution is 5.99. The van der Waals surface area contributed by atoms with Gasteiger partial charge in [-0.05, 0) is 38.2 Å². The van der Waals surface area contributed by atoms with E-state index >= 15 is 0 Å². The predicted molar refractivity (Wildman–Crippen MR) is 101 cm³/mol. The standard InChI is InChI=1S/C20H25N5O/c1-20(7-5-8-20)18(25-14-23-16-13-22-9-6-17(16)25)15(12-21)19(26)24-10-3-2-4-11-24/h6,9,14,16H,2-5,7-8,10-11,13H2,1H3. The molecule has 26 heavy (non-hydrogen) atoms. The summed E-state index contributed by atoms with van der Waals surface area (Å²) in [4.78, 5) is 25.9. The molecule has 136 valence electrons. The van der Waals surface area contributed by atoms with Crippen molar-refractivity contribution in [3.05, 3.63) is 23.0 Å². The number of hydrogen-bond acceptors (Lipinski definition) is 5. The second-order valence-corrected chi connectivity index (χ2v) is 7.86. The molecule has 0 aromatic carbocycles. The highest BCUT2D eigenvalue weighted by atomic mass is 16.2. The number of carbonyl (C=O) groups excluding carboxylic acids is 1. The summed E-state index contributed by atoms with van der Waals surface area (Å²) in [6.07, 6.45) is 11.9. The lowest BCUT2D eigenvalue weighted by atomic mass is 9.66. The minimum absolute atomic E-state index is 0.00343. The van der Waals surface area contributed by atoms with Crippen LogP contribution < -0.4 is 0 Å². The second kappa shape index (κ2) is 6.71. The van der Waals surface area contributed by atoms with Gasteiger partial charge in [0.25, 0.3) is 5.91 Å². The van der Waals surface area contributed by atoms with Gasteiger partial charge in [-0.3, -0.25) is 14.8 Å². The largest absolute Gasteiger partial charge is 0.338 e. The van der Waals surface area contributed by atoms with Crippen LogP contribution in [-0.4, -0.2) is 53.9 Å². The Morgan fingerprint density at radius 3 is 2.69 bits per heavy atom. The molecule has 0 spiro atoms. The van der Waals surface area contributed by atoms with Crippen LogP contribution in [0, 0.1) is 16.7 Å². The number of piperidine rings is 1. The van der Waals surface area contributed by atoms with Crippen molar-refractivity contribution >= 4 is 18.5 Å². The number of carbonyl (C=O) groups is 1. The zero-order valence-corrected chi connectivity index (χ0v) is 15.3. The van der Waals surface area contributed by atoms with E-state index in [1.165, 1.54) is 0 Å². The number of rotatable bonds is 3. The summed E-state index contributed by atoms with van der Waals surface area (Å²) in [7, 11) is 0. The Balaban J connectivity index is 1.77. The van der Waals surface area contributed by atoms with Gasteiger partial charge in [0.05, 0.1) is 24.3 Å². The van der Waals surface area contributed by atoms with E-state index in [1.54, 1.807) is 12.6 Å². The lowest BCUT2D eigenvalue weighted by molar-refractivity contribution is -0.127. The maximum atomic E-state index is 13.2. The van der Waals surface area contributed by atoms with Crippen molar-refractivity contribution in [1.29, 1.82) is 5.26 Å². The maximum absolute atomic E-state index is 13.2. The van der Waals surface area contributed by atoms with Crippen molar-refractivity contribution in [1.82, 2.24) is 9.80 Å². The number of allylic oxidation sites excluding steroid dienone is 2. The number of hydrogen-bond donors (Lipinski definition) is 0. The van der Waals surface area contributed by atoms with Gasteiger partial charge in [-0.1, -0.05) is 13.3 Å². The van der Waals surface area contributed by atoms with Crippen LogP contribution in [-0.2, 0) is 4.79 Å². The first kappa shape index (κ1) is 17.0. The normalized spacial score (nSPS) is 27.2. The van der Waals surface area contributed by atoms with Crippen LogP contribution in [0.15, 0.2) is 33.0 Å². The third kappa shape index (κ3) is 2.76. The van der Waals surface area contributed by atoms with Crippen LogP contribution in [0.5, 0.6) is 0 Å². The Hall–Kier alpha value is -2.42. The minimum atomic E-state index is -0.146. The Labute approximate surface area is 154 Å². The number of dihydropyridines is 1. The monoisotopic (exact) mass is 351 g/mol. The zero-order valence-electron chi connectivity index (χ0n) is 15.3. The van der Waals surface area contributed by atoms with Gasteiger partial charge in [-0.25, -0.2) is 0 Å². The molecule has 4 rings (SSSR count). The fraction of sp³-hybridized carbons (Fsp3) is 0.600. The van der Waals surface area contributed by atoms with E-state index in [4.69, 9.17) is 0 Å². The van der Waals surface area contributed by atoms with Crippen molar-refractivity contribution in [3.8, 4) is 6.07 Å². The summed E-state index contributed by atoms with van der Waals surface area (Å²) < 4.78 is 0. The molecule has 0 radical (unpaired) electrons. The highest BCUT2D eigenvalue weighted by Gasteiger charge is 2.44. The van der Waals surface area contributed by atoms with E-state index < -0.39 is 0 Å². The second-order valence-electron chi connectivity index (χ2n) is 7.86. The molecule has 4 aliphatic rings. The molecular weight excluding hydrogens is 326 g/mol. The fourth-order valence-electron chi connectivity index (χ4n) is 4.37. The van der Waals surface area contributed by atoms with E-state index in [9.17, 15) is 10.1 Å². The average Bonchev–Trinajstić information content (AvgIpc) is 3.08. The lowest BCUT2D eigenvalue weighted by Crippen LogP contribution is -2.42. The molecule has 0 aromatic heterocycles. The van der Waals surface area contributed by atoms with Crippen LogP contribution in [0.3, 0.4) is 0 Å². The summed E-state index contributed by atoms with van der Waals surface area (Å²) in [5, 5.41) is 9.96. The van der Waals surface area contributed by atoms with Crippen LogP contribution in [0.1, 0.15) is 45.4 Å². The van der Waals surface area contributed by atoms with Gasteiger partial charge in [0.2, 0.25) is 0 Å². The molecule has 6 nitrogen and oxygen atoms in total. The van der Waals surface area contributed by atoms with Gasteiger partial charge in [0, 0.05) is 24.7 Å². The van der Waals surface area contributed by atoms with Crippen LogP contribution in [0.4, 0.5) is 0 Å². The van der Waals surface area contributed by atoms with Gasteiger partial charge < -0.3 is 9.80 Å². The molecule has 3 heterocycles. The zero-order chi connectivity index (χ0) is 18.1. The molecular formula is C20H25N5O. The quantitative estimate of drug-likeness (QED) is 0.580. The third-order valence-corrected chi connectivity index (χ3v) is 6.09. The van der Waals surface area contributed by atoms with Gasteiger partial charge in [0.1, 0.15) is 17.7 Å². The first-order valence-electron chi connectivity index (χ1n) is 9.61. The van der Waals surface area contributed by atoms with Crippen molar-refractivity contribution in [2.75, 3.05) is 19.6 Å². The van der Waals surface area contributed by atoms with Gasteiger partial charge >= 0.3 is 0 Å². The third-order valence-electron chi connectivity index (χ3n) is 6.09. The Bertz CT molecular complexity index is 760. The van der Waals surface area contributed by atoms with E-state index in [1.807, 2.05) is 15.9 Å². The number of aliphatic imine (C=N–C) groups is 2. The summed E-state index contributed by atoms with van der Waals surface area (Å²) >= 11 is 0. The maximum Gasteiger partial charge on any atom is 0.266 e. The highest BCUT2D eigenvalue weighted by Crippen LogP contribution is 2.50. The van der Waals surface area contributed by atoms with E-state index in [0.717, 1.165) is 63.0 Å². The van der Waals surface area contributed by atoms with Crippen molar-refractivity contribution < 1.29 is 4.79 Å². The first-order valence-corrected chi connectivity index (χ1v) is 9.61. The van der Waals surface area contributed by atoms with Gasteiger partial charge in [0.15, 0.2) is 0 Å². The minimum Gasteiger partial charge on any atom is -0.338 e. The molecule has 0 aromatic rings. The number of nitriles is 1. The van der Waals surface area contributed by atoms with E-state index in [2.05, 4.69) is 23.0 Å². The van der Waals surface area contributed by atoms with Crippen molar-refractivity contribution in [2.24, 2.45) is 15.4 Å². The molecule has 2 fully saturated rings. The fourth-order valence-corrected chi connectivity index (χ4v) is 4.37. The molecule has 1 amide bonds.